The van der Waals surface area contributed by atoms with E-state index in [0.29, 0.717) is 11.7 Å². The lowest BCUT2D eigenvalue weighted by atomic mass is 9.71. The third-order valence-corrected chi connectivity index (χ3v) is 11.9. The quantitative estimate of drug-likeness (QED) is 0.582. The van der Waals surface area contributed by atoms with Crippen LogP contribution >= 0.6 is 0 Å². The van der Waals surface area contributed by atoms with Gasteiger partial charge in [0.25, 0.3) is 0 Å². The van der Waals surface area contributed by atoms with Crippen LogP contribution in [0.2, 0.25) is 18.1 Å². The van der Waals surface area contributed by atoms with Gasteiger partial charge in [0.05, 0.1) is 6.10 Å². The molecule has 136 valence electrons. The van der Waals surface area contributed by atoms with Crippen molar-refractivity contribution in [3.05, 3.63) is 11.6 Å². The van der Waals surface area contributed by atoms with Gasteiger partial charge in [-0.1, -0.05) is 46.6 Å². The highest BCUT2D eigenvalue weighted by molar-refractivity contribution is 6.74. The summed E-state index contributed by atoms with van der Waals surface area (Å²) in [5.41, 5.74) is 1.17. The Bertz CT molecular complexity index is 543. The van der Waals surface area contributed by atoms with Gasteiger partial charge < -0.3 is 4.43 Å². The normalized spacial score (nSPS) is 37.5. The number of ketones is 1. The van der Waals surface area contributed by atoms with Gasteiger partial charge in [0.2, 0.25) is 0 Å². The highest BCUT2D eigenvalue weighted by atomic mass is 28.4. The summed E-state index contributed by atoms with van der Waals surface area (Å²) in [6.07, 6.45) is 10.9. The molecule has 3 heteroatoms. The van der Waals surface area contributed by atoms with Crippen LogP contribution < -0.4 is 0 Å². The molecule has 2 nitrogen and oxygen atoms in total. The van der Waals surface area contributed by atoms with Crippen LogP contribution in [0.25, 0.3) is 0 Å². The molecule has 2 saturated carbocycles. The van der Waals surface area contributed by atoms with Crippen molar-refractivity contribution in [1.29, 1.82) is 0 Å². The molecule has 0 aromatic carbocycles. The SMILES string of the molecule is C[C@@H]1CC23CCCCC(CCC=C2C1=O)C3O[Si](C)(C)C(C)(C)C. The first-order chi connectivity index (χ1) is 11.1. The molecule has 4 atom stereocenters. The first-order valence-corrected chi connectivity index (χ1v) is 12.9. The molecule has 3 aliphatic rings. The second-order valence-corrected chi connectivity index (χ2v) is 14.9. The first-order valence-electron chi connectivity index (χ1n) is 10.0. The van der Waals surface area contributed by atoms with Crippen LogP contribution in [0.15, 0.2) is 11.6 Å². The van der Waals surface area contributed by atoms with Gasteiger partial charge in [-0.2, -0.15) is 0 Å². The van der Waals surface area contributed by atoms with E-state index in [1.165, 1.54) is 25.7 Å². The van der Waals surface area contributed by atoms with E-state index in [1.54, 1.807) is 0 Å². The number of Topliss-reactive ketones (excluding diaryl/α,β-unsaturated/α-hetero) is 1. The fraction of sp³-hybridized carbons (Fsp3) is 0.857. The fourth-order valence-electron chi connectivity index (χ4n) is 5.10. The molecule has 1 spiro atoms. The van der Waals surface area contributed by atoms with Gasteiger partial charge in [0.15, 0.2) is 14.1 Å². The largest absolute Gasteiger partial charge is 0.413 e. The zero-order valence-corrected chi connectivity index (χ0v) is 17.6. The summed E-state index contributed by atoms with van der Waals surface area (Å²) in [4.78, 5) is 12.9. The number of rotatable bonds is 2. The molecule has 3 rings (SSSR count). The fourth-order valence-corrected chi connectivity index (χ4v) is 6.51. The Hall–Kier alpha value is -0.413. The zero-order chi connectivity index (χ0) is 17.8. The Balaban J connectivity index is 2.05. The van der Waals surface area contributed by atoms with Crippen molar-refractivity contribution in [3.8, 4) is 0 Å². The Kier molecular flexibility index (Phi) is 4.66. The van der Waals surface area contributed by atoms with Gasteiger partial charge in [-0.25, -0.2) is 0 Å². The smallest absolute Gasteiger partial charge is 0.192 e. The molecule has 0 aromatic rings. The lowest BCUT2D eigenvalue weighted by Crippen LogP contribution is -2.51. The number of hydrogen-bond acceptors (Lipinski definition) is 2. The minimum Gasteiger partial charge on any atom is -0.413 e. The molecule has 2 bridgehead atoms. The maximum atomic E-state index is 12.9. The van der Waals surface area contributed by atoms with E-state index in [2.05, 4.69) is 46.9 Å². The highest BCUT2D eigenvalue weighted by Crippen LogP contribution is 2.58. The van der Waals surface area contributed by atoms with E-state index in [0.717, 1.165) is 24.8 Å². The summed E-state index contributed by atoms with van der Waals surface area (Å²) in [6, 6.07) is 0. The Labute approximate surface area is 149 Å². The van der Waals surface area contributed by atoms with Crippen LogP contribution in [-0.2, 0) is 9.22 Å². The van der Waals surface area contributed by atoms with Crippen molar-refractivity contribution >= 4 is 14.1 Å². The minimum absolute atomic E-state index is 0.0175. The second-order valence-electron chi connectivity index (χ2n) is 10.1. The van der Waals surface area contributed by atoms with Crippen molar-refractivity contribution in [1.82, 2.24) is 0 Å². The summed E-state index contributed by atoms with van der Waals surface area (Å²) in [7, 11) is -1.85. The second kappa shape index (κ2) is 6.09. The Morgan fingerprint density at radius 2 is 1.92 bits per heavy atom. The average molecular weight is 349 g/mol. The molecular weight excluding hydrogens is 312 g/mol. The van der Waals surface area contributed by atoms with Crippen molar-refractivity contribution < 1.29 is 9.22 Å². The lowest BCUT2D eigenvalue weighted by Gasteiger charge is -2.47. The molecule has 0 saturated heterocycles. The number of hydrogen-bond donors (Lipinski definition) is 0. The standard InChI is InChI=1S/C21H36O2Si/c1-15-14-21-13-8-7-10-16(11-9-12-17(21)18(15)22)19(21)23-24(5,6)20(2,3)4/h12,15-16,19H,7-11,13-14H2,1-6H3/t15-,16?,19?,21?/m1/s1. The van der Waals surface area contributed by atoms with E-state index in [1.807, 2.05) is 0 Å². The van der Waals surface area contributed by atoms with Crippen LogP contribution in [0, 0.1) is 17.3 Å². The summed E-state index contributed by atoms with van der Waals surface area (Å²) >= 11 is 0. The van der Waals surface area contributed by atoms with Crippen LogP contribution in [0.3, 0.4) is 0 Å². The third kappa shape index (κ3) is 2.86. The molecule has 0 heterocycles. The predicted octanol–water partition coefficient (Wildman–Crippen LogP) is 5.88. The van der Waals surface area contributed by atoms with E-state index < -0.39 is 8.32 Å². The Morgan fingerprint density at radius 3 is 2.58 bits per heavy atom. The van der Waals surface area contributed by atoms with Gasteiger partial charge in [-0.15, -0.1) is 0 Å². The molecule has 0 aromatic heterocycles. The summed E-state index contributed by atoms with van der Waals surface area (Å²) in [5, 5.41) is 0.219. The van der Waals surface area contributed by atoms with Crippen molar-refractivity contribution in [2.75, 3.05) is 0 Å². The molecule has 0 radical (unpaired) electrons. The van der Waals surface area contributed by atoms with E-state index in [4.69, 9.17) is 4.43 Å². The maximum absolute atomic E-state index is 12.9. The molecule has 3 aliphatic carbocycles. The van der Waals surface area contributed by atoms with Gasteiger partial charge in [-0.3, -0.25) is 4.79 Å². The molecule has 3 unspecified atom stereocenters. The van der Waals surface area contributed by atoms with E-state index >= 15 is 0 Å². The maximum Gasteiger partial charge on any atom is 0.192 e. The summed E-state index contributed by atoms with van der Waals surface area (Å²) in [5.74, 6) is 1.23. The molecule has 0 N–H and O–H groups in total. The number of fused-ring (bicyclic) bond motifs is 1. The van der Waals surface area contributed by atoms with E-state index in [-0.39, 0.29) is 22.5 Å². The van der Waals surface area contributed by atoms with Crippen LogP contribution in [0.4, 0.5) is 0 Å². The molecule has 0 aliphatic heterocycles. The molecule has 24 heavy (non-hydrogen) atoms. The van der Waals surface area contributed by atoms with E-state index in [9.17, 15) is 4.79 Å². The predicted molar refractivity (Wildman–Crippen MR) is 103 cm³/mol. The van der Waals surface area contributed by atoms with Crippen molar-refractivity contribution in [2.24, 2.45) is 17.3 Å². The Morgan fingerprint density at radius 1 is 1.21 bits per heavy atom. The van der Waals surface area contributed by atoms with Crippen molar-refractivity contribution in [2.45, 2.75) is 96.9 Å². The first kappa shape index (κ1) is 18.4. The van der Waals surface area contributed by atoms with Crippen LogP contribution in [0.1, 0.15) is 72.6 Å². The number of carbonyl (C=O) groups excluding carboxylic acids is 1. The number of allylic oxidation sites excluding steroid dienone is 1. The third-order valence-electron chi connectivity index (χ3n) is 7.45. The average Bonchev–Trinajstić information content (AvgIpc) is 2.60. The van der Waals surface area contributed by atoms with Gasteiger partial charge in [0.1, 0.15) is 0 Å². The van der Waals surface area contributed by atoms with Gasteiger partial charge >= 0.3 is 0 Å². The van der Waals surface area contributed by atoms with Crippen LogP contribution in [-0.4, -0.2) is 20.2 Å². The molecule has 2 fully saturated rings. The van der Waals surface area contributed by atoms with Gasteiger partial charge in [0, 0.05) is 16.9 Å². The topological polar surface area (TPSA) is 26.3 Å². The monoisotopic (exact) mass is 348 g/mol. The summed E-state index contributed by atoms with van der Waals surface area (Å²) < 4.78 is 7.12. The van der Waals surface area contributed by atoms with Crippen molar-refractivity contribution in [3.63, 3.8) is 0 Å². The number of carbonyl (C=O) groups is 1. The summed E-state index contributed by atoms with van der Waals surface area (Å²) in [6.45, 7) is 13.9. The molecular formula is C21H36O2Si. The highest BCUT2D eigenvalue weighted by Gasteiger charge is 2.57. The minimum atomic E-state index is -1.85. The lowest BCUT2D eigenvalue weighted by molar-refractivity contribution is -0.117. The van der Waals surface area contributed by atoms with Crippen LogP contribution in [0.5, 0.6) is 0 Å². The molecule has 0 amide bonds. The van der Waals surface area contributed by atoms with Gasteiger partial charge in [-0.05, 0) is 56.2 Å². The zero-order valence-electron chi connectivity index (χ0n) is 16.6.